The first-order valence-electron chi connectivity index (χ1n) is 20.2. The van der Waals surface area contributed by atoms with Crippen LogP contribution < -0.4 is 0 Å². The number of allylic oxidation sites excluding steroid dienone is 4. The van der Waals surface area contributed by atoms with E-state index in [-0.39, 0.29) is 0 Å². The van der Waals surface area contributed by atoms with Crippen LogP contribution in [0.3, 0.4) is 0 Å². The molecule has 0 atom stereocenters. The third-order valence-electron chi connectivity index (χ3n) is 12.3. The summed E-state index contributed by atoms with van der Waals surface area (Å²) < 4.78 is 0. The molecule has 0 radical (unpaired) electrons. The molecule has 272 valence electrons. The molecule has 0 unspecified atom stereocenters. The summed E-state index contributed by atoms with van der Waals surface area (Å²) in [5.41, 5.74) is 22.8. The lowest BCUT2D eigenvalue weighted by Gasteiger charge is -2.41. The number of rotatable bonds is 8. The minimum Gasteiger partial charge on any atom is -0.0622 e. The lowest BCUT2D eigenvalue weighted by Crippen LogP contribution is -2.32. The lowest BCUT2D eigenvalue weighted by molar-refractivity contribution is 0.865. The molecule has 8 aromatic rings. The van der Waals surface area contributed by atoms with Gasteiger partial charge in [0.25, 0.3) is 0 Å². The van der Waals surface area contributed by atoms with Gasteiger partial charge in [-0.15, -0.1) is 0 Å². The van der Waals surface area contributed by atoms with Gasteiger partial charge in [-0.25, -0.2) is 0 Å². The maximum absolute atomic E-state index is 2.41. The van der Waals surface area contributed by atoms with E-state index in [0.717, 1.165) is 12.8 Å². The van der Waals surface area contributed by atoms with Gasteiger partial charge in [-0.05, 0) is 116 Å². The van der Waals surface area contributed by atoms with Gasteiger partial charge in [-0.3, -0.25) is 0 Å². The standard InChI is InChI=1S/C57H44/c1-39-21-33-49(34-22-39)57(50-35-23-40(2)24-36-50,55-51-19-11-9-17-47(51)37-53(55)45-29-25-43(26-30-45)41-13-5-3-6-14-41)56-52-20-12-10-18-48(52)38-54(56)46-31-27-44(28-32-46)42-15-7-4-8-16-42/h3-36H,37-38H2,1-2H3. The summed E-state index contributed by atoms with van der Waals surface area (Å²) in [4.78, 5) is 0. The number of benzene rings is 8. The Kier molecular flexibility index (Phi) is 8.76. The molecule has 0 spiro atoms. The van der Waals surface area contributed by atoms with Gasteiger partial charge >= 0.3 is 0 Å². The van der Waals surface area contributed by atoms with Crippen LogP contribution in [0, 0.1) is 13.8 Å². The molecule has 57 heavy (non-hydrogen) atoms. The van der Waals surface area contributed by atoms with Gasteiger partial charge in [0.15, 0.2) is 0 Å². The van der Waals surface area contributed by atoms with Gasteiger partial charge in [0.2, 0.25) is 0 Å². The van der Waals surface area contributed by atoms with Crippen LogP contribution in [0.4, 0.5) is 0 Å². The summed E-state index contributed by atoms with van der Waals surface area (Å²) in [5, 5.41) is 0. The maximum Gasteiger partial charge on any atom is 0.0719 e. The molecule has 0 bridgehead atoms. The number of fused-ring (bicyclic) bond motifs is 2. The molecule has 0 heterocycles. The van der Waals surface area contributed by atoms with Gasteiger partial charge in [-0.2, -0.15) is 0 Å². The van der Waals surface area contributed by atoms with E-state index in [2.05, 4.69) is 220 Å². The predicted octanol–water partition coefficient (Wildman–Crippen LogP) is 14.3. The molecule has 0 N–H and O–H groups in total. The van der Waals surface area contributed by atoms with E-state index >= 15 is 0 Å². The van der Waals surface area contributed by atoms with E-state index in [4.69, 9.17) is 0 Å². The average molecular weight is 729 g/mol. The van der Waals surface area contributed by atoms with Crippen molar-refractivity contribution < 1.29 is 0 Å². The number of aryl methyl sites for hydroxylation is 2. The summed E-state index contributed by atoms with van der Waals surface area (Å²) in [7, 11) is 0. The highest BCUT2D eigenvalue weighted by Crippen LogP contribution is 2.62. The summed E-state index contributed by atoms with van der Waals surface area (Å²) in [6, 6.07) is 77.3. The van der Waals surface area contributed by atoms with Crippen LogP contribution in [0.15, 0.2) is 206 Å². The van der Waals surface area contributed by atoms with Crippen molar-refractivity contribution in [3.05, 3.63) is 262 Å². The van der Waals surface area contributed by atoms with Crippen LogP contribution in [0.25, 0.3) is 44.5 Å². The summed E-state index contributed by atoms with van der Waals surface area (Å²) in [5.74, 6) is 0. The van der Waals surface area contributed by atoms with Gasteiger partial charge in [-0.1, -0.05) is 217 Å². The van der Waals surface area contributed by atoms with Crippen molar-refractivity contribution in [2.75, 3.05) is 0 Å². The largest absolute Gasteiger partial charge is 0.0719 e. The fourth-order valence-corrected chi connectivity index (χ4v) is 9.53. The van der Waals surface area contributed by atoms with Crippen molar-refractivity contribution >= 4 is 22.3 Å². The highest BCUT2D eigenvalue weighted by atomic mass is 14.5. The Labute approximate surface area is 337 Å². The van der Waals surface area contributed by atoms with E-state index in [1.54, 1.807) is 0 Å². The minimum atomic E-state index is -0.651. The van der Waals surface area contributed by atoms with E-state index in [9.17, 15) is 0 Å². The number of hydrogen-bond acceptors (Lipinski definition) is 0. The maximum atomic E-state index is 2.41. The smallest absolute Gasteiger partial charge is 0.0622 e. The van der Waals surface area contributed by atoms with Crippen molar-refractivity contribution in [3.63, 3.8) is 0 Å². The molecular weight excluding hydrogens is 685 g/mol. The van der Waals surface area contributed by atoms with Crippen LogP contribution in [0.5, 0.6) is 0 Å². The van der Waals surface area contributed by atoms with Crippen molar-refractivity contribution in [3.8, 4) is 22.3 Å². The van der Waals surface area contributed by atoms with Crippen LogP contribution in [0.1, 0.15) is 55.6 Å². The minimum absolute atomic E-state index is 0.651. The van der Waals surface area contributed by atoms with Gasteiger partial charge < -0.3 is 0 Å². The number of hydrogen-bond donors (Lipinski definition) is 0. The molecule has 8 aromatic carbocycles. The predicted molar refractivity (Wildman–Crippen MR) is 241 cm³/mol. The molecule has 0 aromatic heterocycles. The quantitative estimate of drug-likeness (QED) is 0.146. The normalized spacial score (nSPS) is 13.5. The zero-order chi connectivity index (χ0) is 38.3. The van der Waals surface area contributed by atoms with E-state index < -0.39 is 5.41 Å². The van der Waals surface area contributed by atoms with E-state index in [1.807, 2.05) is 0 Å². The van der Waals surface area contributed by atoms with Gasteiger partial charge in [0, 0.05) is 0 Å². The van der Waals surface area contributed by atoms with E-state index in [0.29, 0.717) is 0 Å². The van der Waals surface area contributed by atoms with Crippen molar-refractivity contribution in [1.82, 2.24) is 0 Å². The second kappa shape index (κ2) is 14.4. The third-order valence-corrected chi connectivity index (χ3v) is 12.3. The van der Waals surface area contributed by atoms with Gasteiger partial charge in [0.1, 0.15) is 0 Å². The Morgan fingerprint density at radius 1 is 0.298 bits per heavy atom. The molecule has 0 aliphatic heterocycles. The highest BCUT2D eigenvalue weighted by molar-refractivity contribution is 6.15. The van der Waals surface area contributed by atoms with E-state index in [1.165, 1.54) is 100 Å². The Balaban J connectivity index is 1.32. The summed E-state index contributed by atoms with van der Waals surface area (Å²) in [6.07, 6.45) is 1.73. The monoisotopic (exact) mass is 728 g/mol. The molecule has 0 heteroatoms. The zero-order valence-corrected chi connectivity index (χ0v) is 32.5. The lowest BCUT2D eigenvalue weighted by atomic mass is 9.60. The Morgan fingerprint density at radius 3 is 1.00 bits per heavy atom. The Hall–Kier alpha value is -6.76. The van der Waals surface area contributed by atoms with Crippen molar-refractivity contribution in [2.45, 2.75) is 32.1 Å². The Bertz CT molecular complexity index is 2580. The first-order valence-corrected chi connectivity index (χ1v) is 20.2. The SMILES string of the molecule is Cc1ccc(C(C2=C(c3ccc(-c4ccccc4)cc3)Cc3ccccc32)(C2=C(c3ccc(-c4ccccc4)cc3)Cc3ccccc32)c2ccc(C)cc2)cc1. The van der Waals surface area contributed by atoms with Crippen LogP contribution in [-0.2, 0) is 18.3 Å². The molecule has 0 nitrogen and oxygen atoms in total. The van der Waals surface area contributed by atoms with Crippen LogP contribution in [-0.4, -0.2) is 0 Å². The summed E-state index contributed by atoms with van der Waals surface area (Å²) >= 11 is 0. The molecule has 0 saturated heterocycles. The zero-order valence-electron chi connectivity index (χ0n) is 32.5. The second-order valence-corrected chi connectivity index (χ2v) is 15.7. The molecule has 2 aliphatic carbocycles. The molecule has 10 rings (SSSR count). The first kappa shape index (κ1) is 34.7. The fraction of sp³-hybridized carbons (Fsp3) is 0.0877. The first-order chi connectivity index (χ1) is 28.1. The summed E-state index contributed by atoms with van der Waals surface area (Å²) in [6.45, 7) is 4.40. The van der Waals surface area contributed by atoms with Gasteiger partial charge in [0.05, 0.1) is 5.41 Å². The van der Waals surface area contributed by atoms with Crippen LogP contribution >= 0.6 is 0 Å². The fourth-order valence-electron chi connectivity index (χ4n) is 9.53. The molecular formula is C57H44. The third kappa shape index (κ3) is 6.01. The molecule has 0 amide bonds. The topological polar surface area (TPSA) is 0 Å². The van der Waals surface area contributed by atoms with Crippen molar-refractivity contribution in [2.24, 2.45) is 0 Å². The van der Waals surface area contributed by atoms with Crippen molar-refractivity contribution in [1.29, 1.82) is 0 Å². The highest BCUT2D eigenvalue weighted by Gasteiger charge is 2.49. The second-order valence-electron chi connectivity index (χ2n) is 15.7. The molecule has 0 fully saturated rings. The molecule has 2 aliphatic rings. The Morgan fingerprint density at radius 2 is 0.614 bits per heavy atom. The molecule has 0 saturated carbocycles. The average Bonchev–Trinajstić information content (AvgIpc) is 3.86. The van der Waals surface area contributed by atoms with Crippen LogP contribution in [0.2, 0.25) is 0 Å².